The maximum atomic E-state index is 11.3. The smallest absolute Gasteiger partial charge is 0.234 e. The first-order chi connectivity index (χ1) is 8.13. The Morgan fingerprint density at radius 3 is 2.71 bits per heavy atom. The van der Waals surface area contributed by atoms with Crippen LogP contribution < -0.4 is 10.6 Å². The summed E-state index contributed by atoms with van der Waals surface area (Å²) in [5.41, 5.74) is 1.10. The molecule has 0 heterocycles. The number of amides is 1. The van der Waals surface area contributed by atoms with Crippen molar-refractivity contribution in [1.82, 2.24) is 10.6 Å². The molecule has 17 heavy (non-hydrogen) atoms. The molecule has 3 nitrogen and oxygen atoms in total. The lowest BCUT2D eigenvalue weighted by molar-refractivity contribution is -0.120. The monoisotopic (exact) mass is 252 g/mol. The minimum atomic E-state index is -0.0364. The zero-order valence-electron chi connectivity index (χ0n) is 9.87. The summed E-state index contributed by atoms with van der Waals surface area (Å²) in [7, 11) is 0. The lowest BCUT2D eigenvalue weighted by Crippen LogP contribution is -2.35. The Labute approximate surface area is 107 Å². The van der Waals surface area contributed by atoms with Gasteiger partial charge >= 0.3 is 0 Å². The Bertz CT molecular complexity index is 376. The number of carbonyl (C=O) groups excluding carboxylic acids is 1. The van der Waals surface area contributed by atoms with Crippen LogP contribution in [-0.4, -0.2) is 19.0 Å². The van der Waals surface area contributed by atoms with Crippen molar-refractivity contribution < 1.29 is 4.79 Å². The van der Waals surface area contributed by atoms with Crippen LogP contribution in [0.15, 0.2) is 36.9 Å². The van der Waals surface area contributed by atoms with E-state index in [0.29, 0.717) is 11.6 Å². The highest BCUT2D eigenvalue weighted by Gasteiger charge is 2.06. The van der Waals surface area contributed by atoms with Crippen LogP contribution in [0.4, 0.5) is 0 Å². The van der Waals surface area contributed by atoms with Crippen molar-refractivity contribution in [1.29, 1.82) is 0 Å². The van der Waals surface area contributed by atoms with E-state index in [9.17, 15) is 4.79 Å². The fraction of sp³-hybridized carbons (Fsp3) is 0.308. The molecule has 0 fully saturated rings. The van der Waals surface area contributed by atoms with Crippen LogP contribution >= 0.6 is 11.6 Å². The summed E-state index contributed by atoms with van der Waals surface area (Å²) >= 11 is 5.81. The normalized spacial score (nSPS) is 11.9. The molecule has 1 rings (SSSR count). The van der Waals surface area contributed by atoms with Crippen molar-refractivity contribution in [2.24, 2.45) is 0 Å². The second kappa shape index (κ2) is 7.09. The van der Waals surface area contributed by atoms with Crippen LogP contribution in [0.5, 0.6) is 0 Å². The van der Waals surface area contributed by atoms with Gasteiger partial charge in [0.05, 0.1) is 6.54 Å². The highest BCUT2D eigenvalue weighted by molar-refractivity contribution is 6.30. The molecule has 2 N–H and O–H groups in total. The predicted octanol–water partition coefficient (Wildman–Crippen LogP) is 2.29. The summed E-state index contributed by atoms with van der Waals surface area (Å²) in [6, 6.07) is 7.69. The second-order valence-electron chi connectivity index (χ2n) is 3.75. The Kier molecular flexibility index (Phi) is 5.73. The summed E-state index contributed by atoms with van der Waals surface area (Å²) in [5.74, 6) is -0.0364. The van der Waals surface area contributed by atoms with Gasteiger partial charge < -0.3 is 10.6 Å². The fourth-order valence-electron chi connectivity index (χ4n) is 1.36. The molecule has 0 aliphatic heterocycles. The zero-order valence-corrected chi connectivity index (χ0v) is 10.6. The first-order valence-corrected chi connectivity index (χ1v) is 5.87. The van der Waals surface area contributed by atoms with Crippen molar-refractivity contribution in [3.05, 3.63) is 47.5 Å². The molecule has 0 radical (unpaired) electrons. The lowest BCUT2D eigenvalue weighted by atomic mass is 10.1. The van der Waals surface area contributed by atoms with Gasteiger partial charge in [-0.05, 0) is 24.6 Å². The summed E-state index contributed by atoms with van der Waals surface area (Å²) in [5, 5.41) is 6.56. The molecule has 0 saturated heterocycles. The molecular formula is C13H17ClN2O. The van der Waals surface area contributed by atoms with Gasteiger partial charge in [0.1, 0.15) is 0 Å². The molecule has 1 aromatic rings. The summed E-state index contributed by atoms with van der Waals surface area (Å²) in [4.78, 5) is 11.3. The first kappa shape index (κ1) is 13.7. The Morgan fingerprint density at radius 2 is 2.12 bits per heavy atom. The minimum Gasteiger partial charge on any atom is -0.352 e. The molecule has 1 aromatic carbocycles. The van der Waals surface area contributed by atoms with Gasteiger partial charge in [0.15, 0.2) is 0 Å². The van der Waals surface area contributed by atoms with Crippen LogP contribution in [0.2, 0.25) is 5.02 Å². The highest BCUT2D eigenvalue weighted by Crippen LogP contribution is 2.15. The molecule has 0 bridgehead atoms. The van der Waals surface area contributed by atoms with E-state index in [1.807, 2.05) is 31.2 Å². The van der Waals surface area contributed by atoms with Crippen LogP contribution in [0.1, 0.15) is 18.5 Å². The molecule has 0 spiro atoms. The molecule has 0 aromatic heterocycles. The first-order valence-electron chi connectivity index (χ1n) is 5.50. The maximum absolute atomic E-state index is 11.3. The third-order valence-corrected chi connectivity index (χ3v) is 2.63. The Morgan fingerprint density at radius 1 is 1.47 bits per heavy atom. The third kappa shape index (κ3) is 5.02. The van der Waals surface area contributed by atoms with Crippen LogP contribution in [0.3, 0.4) is 0 Å². The van der Waals surface area contributed by atoms with E-state index >= 15 is 0 Å². The summed E-state index contributed by atoms with van der Waals surface area (Å²) in [6.07, 6.45) is 1.65. The Balaban J connectivity index is 2.39. The SMILES string of the molecule is C=CCNC(=O)CN[C@H](C)c1ccc(Cl)cc1. The largest absolute Gasteiger partial charge is 0.352 e. The van der Waals surface area contributed by atoms with E-state index in [4.69, 9.17) is 11.6 Å². The summed E-state index contributed by atoms with van der Waals surface area (Å²) < 4.78 is 0. The van der Waals surface area contributed by atoms with Crippen molar-refractivity contribution in [3.8, 4) is 0 Å². The Hall–Kier alpha value is -1.32. The topological polar surface area (TPSA) is 41.1 Å². The van der Waals surface area contributed by atoms with Gasteiger partial charge in [-0.25, -0.2) is 0 Å². The molecule has 0 saturated carbocycles. The van der Waals surface area contributed by atoms with E-state index in [-0.39, 0.29) is 18.5 Å². The number of rotatable bonds is 6. The van der Waals surface area contributed by atoms with Gasteiger partial charge in [0.25, 0.3) is 0 Å². The standard InChI is InChI=1S/C13H17ClN2O/c1-3-8-15-13(17)9-16-10(2)11-4-6-12(14)7-5-11/h3-7,10,16H,1,8-9H2,2H3,(H,15,17)/t10-/m1/s1. The number of carbonyl (C=O) groups is 1. The number of nitrogens with one attached hydrogen (secondary N) is 2. The third-order valence-electron chi connectivity index (χ3n) is 2.38. The van der Waals surface area contributed by atoms with Gasteiger partial charge in [-0.15, -0.1) is 6.58 Å². The van der Waals surface area contributed by atoms with E-state index in [0.717, 1.165) is 5.56 Å². The molecule has 1 atom stereocenters. The number of hydrogen-bond acceptors (Lipinski definition) is 2. The van der Waals surface area contributed by atoms with Gasteiger partial charge in [0.2, 0.25) is 5.91 Å². The van der Waals surface area contributed by atoms with Crippen LogP contribution in [-0.2, 0) is 4.79 Å². The van der Waals surface area contributed by atoms with E-state index in [1.165, 1.54) is 0 Å². The maximum Gasteiger partial charge on any atom is 0.234 e. The second-order valence-corrected chi connectivity index (χ2v) is 4.18. The van der Waals surface area contributed by atoms with Gasteiger partial charge in [-0.2, -0.15) is 0 Å². The molecule has 0 unspecified atom stereocenters. The van der Waals surface area contributed by atoms with Gasteiger partial charge in [-0.1, -0.05) is 29.8 Å². The summed E-state index contributed by atoms with van der Waals surface area (Å²) in [6.45, 7) is 6.33. The van der Waals surface area contributed by atoms with Crippen molar-refractivity contribution >= 4 is 17.5 Å². The highest BCUT2D eigenvalue weighted by atomic mass is 35.5. The minimum absolute atomic E-state index is 0.0364. The molecular weight excluding hydrogens is 236 g/mol. The van der Waals surface area contributed by atoms with Crippen LogP contribution in [0.25, 0.3) is 0 Å². The zero-order chi connectivity index (χ0) is 12.7. The van der Waals surface area contributed by atoms with E-state index in [2.05, 4.69) is 17.2 Å². The number of benzene rings is 1. The van der Waals surface area contributed by atoms with E-state index in [1.54, 1.807) is 6.08 Å². The number of hydrogen-bond donors (Lipinski definition) is 2. The molecule has 1 amide bonds. The van der Waals surface area contributed by atoms with Gasteiger partial charge in [0, 0.05) is 17.6 Å². The van der Waals surface area contributed by atoms with Crippen molar-refractivity contribution in [3.63, 3.8) is 0 Å². The number of halogens is 1. The predicted molar refractivity (Wildman–Crippen MR) is 71.1 cm³/mol. The fourth-order valence-corrected chi connectivity index (χ4v) is 1.49. The molecule has 4 heteroatoms. The molecule has 92 valence electrons. The van der Waals surface area contributed by atoms with Crippen molar-refractivity contribution in [2.45, 2.75) is 13.0 Å². The lowest BCUT2D eigenvalue weighted by Gasteiger charge is -2.13. The van der Waals surface area contributed by atoms with Crippen molar-refractivity contribution in [2.75, 3.05) is 13.1 Å². The quantitative estimate of drug-likeness (QED) is 0.763. The average Bonchev–Trinajstić information content (AvgIpc) is 2.34. The van der Waals surface area contributed by atoms with E-state index < -0.39 is 0 Å². The molecule has 0 aliphatic rings. The average molecular weight is 253 g/mol. The van der Waals surface area contributed by atoms with Crippen LogP contribution in [0, 0.1) is 0 Å². The van der Waals surface area contributed by atoms with Gasteiger partial charge in [-0.3, -0.25) is 4.79 Å². The molecule has 0 aliphatic carbocycles.